The minimum atomic E-state index is 0.383. The molecule has 0 aliphatic carbocycles. The van der Waals surface area contributed by atoms with Gasteiger partial charge in [-0.05, 0) is 60.6 Å². The van der Waals surface area contributed by atoms with Gasteiger partial charge < -0.3 is 10.1 Å². The molecule has 1 aromatic heterocycles. The standard InChI is InChI=1S/C13H17N5O/c1-19-12-4-2-10(3-5-12)13-15-16-17-18(13)11-6-8-14-9-7-11/h2-5,11,14H,6-9H2,1H3. The number of tetrazole rings is 1. The molecule has 1 fully saturated rings. The largest absolute Gasteiger partial charge is 0.497 e. The zero-order valence-electron chi connectivity index (χ0n) is 10.9. The van der Waals surface area contributed by atoms with Gasteiger partial charge in [0.2, 0.25) is 0 Å². The summed E-state index contributed by atoms with van der Waals surface area (Å²) in [6.45, 7) is 2.04. The highest BCUT2D eigenvalue weighted by atomic mass is 16.5. The van der Waals surface area contributed by atoms with Gasteiger partial charge in [0.15, 0.2) is 5.82 Å². The van der Waals surface area contributed by atoms with Gasteiger partial charge in [0.1, 0.15) is 5.75 Å². The van der Waals surface area contributed by atoms with E-state index in [4.69, 9.17) is 4.74 Å². The minimum Gasteiger partial charge on any atom is -0.497 e. The molecule has 19 heavy (non-hydrogen) atoms. The van der Waals surface area contributed by atoms with Crippen LogP contribution in [0.15, 0.2) is 24.3 Å². The molecular formula is C13H17N5O. The van der Waals surface area contributed by atoms with E-state index < -0.39 is 0 Å². The average Bonchev–Trinajstić information content (AvgIpc) is 2.98. The SMILES string of the molecule is COc1ccc(-c2nnnn2C2CCNCC2)cc1. The first-order valence-corrected chi connectivity index (χ1v) is 6.51. The summed E-state index contributed by atoms with van der Waals surface area (Å²) in [6, 6.07) is 8.21. The van der Waals surface area contributed by atoms with E-state index in [1.165, 1.54) is 0 Å². The molecule has 2 heterocycles. The monoisotopic (exact) mass is 259 g/mol. The van der Waals surface area contributed by atoms with Crippen molar-refractivity contribution in [1.29, 1.82) is 0 Å². The van der Waals surface area contributed by atoms with Gasteiger partial charge in [0, 0.05) is 5.56 Å². The molecule has 0 radical (unpaired) electrons. The van der Waals surface area contributed by atoms with Gasteiger partial charge in [-0.15, -0.1) is 5.10 Å². The van der Waals surface area contributed by atoms with Crippen molar-refractivity contribution >= 4 is 0 Å². The molecule has 1 saturated heterocycles. The molecule has 1 aromatic carbocycles. The minimum absolute atomic E-state index is 0.383. The van der Waals surface area contributed by atoms with Crippen LogP contribution >= 0.6 is 0 Å². The number of rotatable bonds is 3. The van der Waals surface area contributed by atoms with E-state index in [1.54, 1.807) is 7.11 Å². The van der Waals surface area contributed by atoms with Gasteiger partial charge in [0.05, 0.1) is 13.2 Å². The fraction of sp³-hybridized carbons (Fsp3) is 0.462. The normalized spacial score (nSPS) is 16.5. The zero-order valence-corrected chi connectivity index (χ0v) is 10.9. The number of nitrogens with one attached hydrogen (secondary N) is 1. The predicted octanol–water partition coefficient (Wildman–Crippen LogP) is 1.27. The first kappa shape index (κ1) is 12.1. The van der Waals surface area contributed by atoms with Gasteiger partial charge in [0.25, 0.3) is 0 Å². The van der Waals surface area contributed by atoms with Crippen LogP contribution in [0.2, 0.25) is 0 Å². The highest BCUT2D eigenvalue weighted by molar-refractivity contribution is 5.55. The number of piperidine rings is 1. The lowest BCUT2D eigenvalue weighted by atomic mass is 10.1. The smallest absolute Gasteiger partial charge is 0.182 e. The maximum Gasteiger partial charge on any atom is 0.182 e. The van der Waals surface area contributed by atoms with Crippen molar-refractivity contribution in [2.45, 2.75) is 18.9 Å². The third-order valence-corrected chi connectivity index (χ3v) is 3.50. The molecule has 100 valence electrons. The molecule has 0 unspecified atom stereocenters. The number of benzene rings is 1. The van der Waals surface area contributed by atoms with E-state index in [0.717, 1.165) is 43.1 Å². The van der Waals surface area contributed by atoms with Crippen LogP contribution in [0.3, 0.4) is 0 Å². The molecule has 6 nitrogen and oxygen atoms in total. The van der Waals surface area contributed by atoms with Gasteiger partial charge in [-0.3, -0.25) is 0 Å². The van der Waals surface area contributed by atoms with E-state index in [-0.39, 0.29) is 0 Å². The Balaban J connectivity index is 1.89. The van der Waals surface area contributed by atoms with E-state index in [9.17, 15) is 0 Å². The molecule has 0 spiro atoms. The molecule has 1 aliphatic rings. The molecule has 0 bridgehead atoms. The van der Waals surface area contributed by atoms with Crippen LogP contribution in [-0.2, 0) is 0 Å². The van der Waals surface area contributed by atoms with Gasteiger partial charge in [-0.1, -0.05) is 0 Å². The summed E-state index contributed by atoms with van der Waals surface area (Å²) in [4.78, 5) is 0. The van der Waals surface area contributed by atoms with Crippen molar-refractivity contribution in [1.82, 2.24) is 25.5 Å². The fourth-order valence-electron chi connectivity index (χ4n) is 2.42. The summed E-state index contributed by atoms with van der Waals surface area (Å²) >= 11 is 0. The zero-order chi connectivity index (χ0) is 13.1. The second kappa shape index (κ2) is 5.36. The topological polar surface area (TPSA) is 64.9 Å². The van der Waals surface area contributed by atoms with Crippen LogP contribution in [0, 0.1) is 0 Å². The Morgan fingerprint density at radius 2 is 1.95 bits per heavy atom. The van der Waals surface area contributed by atoms with Crippen molar-refractivity contribution in [2.24, 2.45) is 0 Å². The third-order valence-electron chi connectivity index (χ3n) is 3.50. The lowest BCUT2D eigenvalue weighted by molar-refractivity contribution is 0.340. The first-order chi connectivity index (χ1) is 9.38. The lowest BCUT2D eigenvalue weighted by Gasteiger charge is -2.23. The number of nitrogens with zero attached hydrogens (tertiary/aromatic N) is 4. The van der Waals surface area contributed by atoms with E-state index in [0.29, 0.717) is 6.04 Å². The van der Waals surface area contributed by atoms with E-state index >= 15 is 0 Å². The second-order valence-corrected chi connectivity index (χ2v) is 4.66. The fourth-order valence-corrected chi connectivity index (χ4v) is 2.42. The second-order valence-electron chi connectivity index (χ2n) is 4.66. The van der Waals surface area contributed by atoms with Crippen molar-refractivity contribution in [3.05, 3.63) is 24.3 Å². The number of methoxy groups -OCH3 is 1. The summed E-state index contributed by atoms with van der Waals surface area (Å²) in [5, 5.41) is 15.5. The van der Waals surface area contributed by atoms with Crippen LogP contribution < -0.4 is 10.1 Å². The van der Waals surface area contributed by atoms with Gasteiger partial charge >= 0.3 is 0 Å². The number of hydrogen-bond acceptors (Lipinski definition) is 5. The predicted molar refractivity (Wildman–Crippen MR) is 70.9 cm³/mol. The first-order valence-electron chi connectivity index (χ1n) is 6.51. The maximum absolute atomic E-state index is 5.17. The molecular weight excluding hydrogens is 242 g/mol. The number of hydrogen-bond donors (Lipinski definition) is 1. The van der Waals surface area contributed by atoms with Crippen molar-refractivity contribution < 1.29 is 4.74 Å². The Hall–Kier alpha value is -1.95. The summed E-state index contributed by atoms with van der Waals surface area (Å²) in [5.41, 5.74) is 1.02. The molecule has 0 atom stereocenters. The average molecular weight is 259 g/mol. The van der Waals surface area contributed by atoms with Crippen LogP contribution in [-0.4, -0.2) is 40.4 Å². The van der Waals surface area contributed by atoms with Crippen LogP contribution in [0.25, 0.3) is 11.4 Å². The summed E-state index contributed by atoms with van der Waals surface area (Å²) < 4.78 is 7.11. The summed E-state index contributed by atoms with van der Waals surface area (Å²) in [5.74, 6) is 1.67. The molecule has 2 aromatic rings. The summed E-state index contributed by atoms with van der Waals surface area (Å²) in [6.07, 6.45) is 2.13. The Kier molecular flexibility index (Phi) is 3.41. The molecule has 6 heteroatoms. The Morgan fingerprint density at radius 1 is 1.21 bits per heavy atom. The van der Waals surface area contributed by atoms with Gasteiger partial charge in [-0.2, -0.15) is 0 Å². The Labute approximate surface area is 111 Å². The molecule has 3 rings (SSSR count). The Bertz CT molecular complexity index is 530. The quantitative estimate of drug-likeness (QED) is 0.899. The molecule has 1 aliphatic heterocycles. The van der Waals surface area contributed by atoms with E-state index in [2.05, 4.69) is 20.8 Å². The van der Waals surface area contributed by atoms with E-state index in [1.807, 2.05) is 28.9 Å². The molecule has 1 N–H and O–H groups in total. The van der Waals surface area contributed by atoms with Crippen molar-refractivity contribution in [3.63, 3.8) is 0 Å². The van der Waals surface area contributed by atoms with Crippen molar-refractivity contribution in [3.8, 4) is 17.1 Å². The number of aromatic nitrogens is 4. The maximum atomic E-state index is 5.17. The van der Waals surface area contributed by atoms with Crippen molar-refractivity contribution in [2.75, 3.05) is 20.2 Å². The highest BCUT2D eigenvalue weighted by Crippen LogP contribution is 2.25. The van der Waals surface area contributed by atoms with Crippen LogP contribution in [0.4, 0.5) is 0 Å². The third kappa shape index (κ3) is 2.44. The van der Waals surface area contributed by atoms with Gasteiger partial charge in [-0.25, -0.2) is 4.68 Å². The van der Waals surface area contributed by atoms with Crippen LogP contribution in [0.5, 0.6) is 5.75 Å². The summed E-state index contributed by atoms with van der Waals surface area (Å²) in [7, 11) is 1.66. The van der Waals surface area contributed by atoms with Crippen LogP contribution in [0.1, 0.15) is 18.9 Å². The molecule has 0 amide bonds. The highest BCUT2D eigenvalue weighted by Gasteiger charge is 2.20. The molecule has 0 saturated carbocycles. The Morgan fingerprint density at radius 3 is 2.63 bits per heavy atom. The lowest BCUT2D eigenvalue weighted by Crippen LogP contribution is -2.30. The number of ether oxygens (including phenoxy) is 1.